The first-order valence-electron chi connectivity index (χ1n) is 8.20. The molecule has 2 heterocycles. The van der Waals surface area contributed by atoms with Crippen molar-refractivity contribution in [1.29, 1.82) is 0 Å². The number of hydrogen-bond acceptors (Lipinski definition) is 5. The Hall–Kier alpha value is -3.35. The smallest absolute Gasteiger partial charge is 0.261 e. The van der Waals surface area contributed by atoms with Crippen molar-refractivity contribution in [1.82, 2.24) is 19.7 Å². The third-order valence-corrected chi connectivity index (χ3v) is 4.18. The zero-order valence-electron chi connectivity index (χ0n) is 14.0. The number of benzene rings is 2. The summed E-state index contributed by atoms with van der Waals surface area (Å²) in [5.74, 6) is 0.328. The largest absolute Gasteiger partial charge is 0.337 e. The Morgan fingerprint density at radius 1 is 1.15 bits per heavy atom. The molecule has 7 heteroatoms. The molecule has 0 aliphatic carbocycles. The minimum Gasteiger partial charge on any atom is -0.337 e. The Bertz CT molecular complexity index is 1130. The standard InChI is InChI=1S/C19H15FN4O2/c1-2-12-3-5-13(6-4-12)18-22-17(26-23-18)10-24-11-21-16-9-14(20)7-8-15(16)19(24)25/h3-9,11H,2,10H2,1H3. The molecule has 0 unspecified atom stereocenters. The number of fused-ring (bicyclic) bond motifs is 1. The molecule has 0 atom stereocenters. The maximum absolute atomic E-state index is 13.2. The van der Waals surface area contributed by atoms with E-state index in [9.17, 15) is 9.18 Å². The first-order chi connectivity index (χ1) is 12.6. The molecule has 0 saturated heterocycles. The van der Waals surface area contributed by atoms with Crippen LogP contribution in [0.15, 0.2) is 58.1 Å². The van der Waals surface area contributed by atoms with Gasteiger partial charge in [0, 0.05) is 11.6 Å². The Morgan fingerprint density at radius 2 is 1.96 bits per heavy atom. The lowest BCUT2D eigenvalue weighted by atomic mass is 10.1. The fourth-order valence-electron chi connectivity index (χ4n) is 2.72. The maximum atomic E-state index is 13.2. The van der Waals surface area contributed by atoms with Crippen LogP contribution in [0.4, 0.5) is 4.39 Å². The van der Waals surface area contributed by atoms with Crippen LogP contribution in [0.2, 0.25) is 0 Å². The first-order valence-corrected chi connectivity index (χ1v) is 8.20. The van der Waals surface area contributed by atoms with Crippen molar-refractivity contribution in [3.8, 4) is 11.4 Å². The molecule has 0 amide bonds. The fourth-order valence-corrected chi connectivity index (χ4v) is 2.72. The van der Waals surface area contributed by atoms with Crippen LogP contribution in [-0.4, -0.2) is 19.7 Å². The zero-order valence-corrected chi connectivity index (χ0v) is 14.0. The van der Waals surface area contributed by atoms with Crippen LogP contribution in [0.25, 0.3) is 22.3 Å². The molecule has 0 aliphatic heterocycles. The predicted octanol–water partition coefficient (Wildman–Crippen LogP) is 3.20. The van der Waals surface area contributed by atoms with Crippen molar-refractivity contribution < 1.29 is 8.91 Å². The first kappa shape index (κ1) is 16.1. The summed E-state index contributed by atoms with van der Waals surface area (Å²) in [5.41, 5.74) is 2.09. The van der Waals surface area contributed by atoms with E-state index < -0.39 is 5.82 Å². The Balaban J connectivity index is 1.63. The van der Waals surface area contributed by atoms with E-state index >= 15 is 0 Å². The van der Waals surface area contributed by atoms with E-state index in [0.29, 0.717) is 22.6 Å². The number of aromatic nitrogens is 4. The summed E-state index contributed by atoms with van der Waals surface area (Å²) in [4.78, 5) is 21.0. The normalized spacial score (nSPS) is 11.2. The van der Waals surface area contributed by atoms with E-state index in [0.717, 1.165) is 12.0 Å². The minimum atomic E-state index is -0.433. The molecule has 130 valence electrons. The summed E-state index contributed by atoms with van der Waals surface area (Å²) in [6.45, 7) is 2.18. The van der Waals surface area contributed by atoms with Crippen molar-refractivity contribution in [2.45, 2.75) is 19.9 Å². The average Bonchev–Trinajstić information content (AvgIpc) is 3.13. The van der Waals surface area contributed by atoms with Gasteiger partial charge in [-0.15, -0.1) is 0 Å². The highest BCUT2D eigenvalue weighted by atomic mass is 19.1. The Labute approximate surface area is 147 Å². The molecule has 0 bridgehead atoms. The van der Waals surface area contributed by atoms with E-state index in [1.54, 1.807) is 0 Å². The molecule has 0 aliphatic rings. The Morgan fingerprint density at radius 3 is 2.73 bits per heavy atom. The molecule has 0 spiro atoms. The van der Waals surface area contributed by atoms with Crippen LogP contribution in [-0.2, 0) is 13.0 Å². The number of nitrogens with zero attached hydrogens (tertiary/aromatic N) is 4. The van der Waals surface area contributed by atoms with E-state index in [1.165, 1.54) is 34.7 Å². The molecule has 2 aromatic carbocycles. The Kier molecular flexibility index (Phi) is 4.04. The summed E-state index contributed by atoms with van der Waals surface area (Å²) in [6.07, 6.45) is 2.31. The number of rotatable bonds is 4. The van der Waals surface area contributed by atoms with Crippen LogP contribution in [0.1, 0.15) is 18.4 Å². The van der Waals surface area contributed by atoms with E-state index in [4.69, 9.17) is 4.52 Å². The fraction of sp³-hybridized carbons (Fsp3) is 0.158. The van der Waals surface area contributed by atoms with Gasteiger partial charge in [-0.1, -0.05) is 36.3 Å². The van der Waals surface area contributed by atoms with Gasteiger partial charge in [-0.2, -0.15) is 4.98 Å². The molecule has 0 N–H and O–H groups in total. The molecule has 2 aromatic heterocycles. The molecule has 4 rings (SSSR count). The molecular formula is C19H15FN4O2. The molecule has 0 radical (unpaired) electrons. The van der Waals surface area contributed by atoms with Crippen molar-refractivity contribution in [3.05, 3.63) is 76.4 Å². The summed E-state index contributed by atoms with van der Waals surface area (Å²) in [7, 11) is 0. The molecule has 0 fully saturated rings. The van der Waals surface area contributed by atoms with Crippen LogP contribution in [0.5, 0.6) is 0 Å². The van der Waals surface area contributed by atoms with Gasteiger partial charge in [-0.05, 0) is 24.1 Å². The topological polar surface area (TPSA) is 73.8 Å². The van der Waals surface area contributed by atoms with E-state index in [-0.39, 0.29) is 12.1 Å². The van der Waals surface area contributed by atoms with Gasteiger partial charge in [0.2, 0.25) is 11.7 Å². The van der Waals surface area contributed by atoms with Crippen molar-refractivity contribution in [2.24, 2.45) is 0 Å². The lowest BCUT2D eigenvalue weighted by Gasteiger charge is -2.03. The van der Waals surface area contributed by atoms with Gasteiger partial charge in [0.25, 0.3) is 5.56 Å². The summed E-state index contributed by atoms with van der Waals surface area (Å²) in [6, 6.07) is 11.8. The molecule has 26 heavy (non-hydrogen) atoms. The third-order valence-electron chi connectivity index (χ3n) is 4.18. The highest BCUT2D eigenvalue weighted by Crippen LogP contribution is 2.17. The van der Waals surface area contributed by atoms with Gasteiger partial charge in [0.1, 0.15) is 12.4 Å². The van der Waals surface area contributed by atoms with Crippen molar-refractivity contribution >= 4 is 10.9 Å². The summed E-state index contributed by atoms with van der Waals surface area (Å²) < 4.78 is 19.9. The number of halogens is 1. The van der Waals surface area contributed by atoms with Crippen LogP contribution >= 0.6 is 0 Å². The molecule has 0 saturated carbocycles. The highest BCUT2D eigenvalue weighted by molar-refractivity contribution is 5.77. The maximum Gasteiger partial charge on any atom is 0.261 e. The van der Waals surface area contributed by atoms with Crippen molar-refractivity contribution in [2.75, 3.05) is 0 Å². The number of aryl methyl sites for hydroxylation is 1. The van der Waals surface area contributed by atoms with Gasteiger partial charge in [0.15, 0.2) is 0 Å². The zero-order chi connectivity index (χ0) is 18.1. The monoisotopic (exact) mass is 350 g/mol. The molecule has 6 nitrogen and oxygen atoms in total. The minimum absolute atomic E-state index is 0.0964. The van der Waals surface area contributed by atoms with E-state index in [2.05, 4.69) is 22.0 Å². The summed E-state index contributed by atoms with van der Waals surface area (Å²) >= 11 is 0. The second-order valence-corrected chi connectivity index (χ2v) is 5.90. The molecular weight excluding hydrogens is 335 g/mol. The summed E-state index contributed by atoms with van der Waals surface area (Å²) in [5, 5.41) is 4.31. The lowest BCUT2D eigenvalue weighted by molar-refractivity contribution is 0.369. The predicted molar refractivity (Wildman–Crippen MR) is 94.2 cm³/mol. The SMILES string of the molecule is CCc1ccc(-c2noc(Cn3cnc4cc(F)ccc4c3=O)n2)cc1. The van der Waals surface area contributed by atoms with Gasteiger partial charge < -0.3 is 4.52 Å². The van der Waals surface area contributed by atoms with Gasteiger partial charge >= 0.3 is 0 Å². The quantitative estimate of drug-likeness (QED) is 0.565. The lowest BCUT2D eigenvalue weighted by Crippen LogP contribution is -2.21. The van der Waals surface area contributed by atoms with Crippen molar-refractivity contribution in [3.63, 3.8) is 0 Å². The van der Waals surface area contributed by atoms with Gasteiger partial charge in [-0.25, -0.2) is 9.37 Å². The van der Waals surface area contributed by atoms with Crippen LogP contribution in [0.3, 0.4) is 0 Å². The second kappa shape index (κ2) is 6.51. The van der Waals surface area contributed by atoms with Crippen LogP contribution in [0, 0.1) is 5.82 Å². The third kappa shape index (κ3) is 2.99. The highest BCUT2D eigenvalue weighted by Gasteiger charge is 2.11. The van der Waals surface area contributed by atoms with E-state index in [1.807, 2.05) is 24.3 Å². The average molecular weight is 350 g/mol. The van der Waals surface area contributed by atoms with Gasteiger partial charge in [-0.3, -0.25) is 9.36 Å². The van der Waals surface area contributed by atoms with Gasteiger partial charge in [0.05, 0.1) is 17.2 Å². The number of hydrogen-bond donors (Lipinski definition) is 0. The van der Waals surface area contributed by atoms with Crippen LogP contribution < -0.4 is 5.56 Å². The second-order valence-electron chi connectivity index (χ2n) is 5.90. The molecule has 4 aromatic rings.